The maximum atomic E-state index is 10.9. The second kappa shape index (κ2) is 7.20. The van der Waals surface area contributed by atoms with E-state index >= 15 is 0 Å². The molecule has 1 rings (SSSR count). The summed E-state index contributed by atoms with van der Waals surface area (Å²) in [5.74, 6) is -0.0127. The molecule has 0 saturated carbocycles. The minimum atomic E-state index is -4.59. The Labute approximate surface area is 122 Å². The fourth-order valence-corrected chi connectivity index (χ4v) is 1.73. The number of anilines is 1. The molecule has 17 heavy (non-hydrogen) atoms. The molecule has 0 aromatic heterocycles. The average molecular weight is 269 g/mol. The molecule has 0 radical (unpaired) electrons. The van der Waals surface area contributed by atoms with Gasteiger partial charge in [0, 0.05) is 12.8 Å². The Bertz CT molecular complexity index is 462. The largest absolute Gasteiger partial charge is 1.00 e. The second-order valence-corrected chi connectivity index (χ2v) is 4.35. The van der Waals surface area contributed by atoms with Crippen molar-refractivity contribution in [1.29, 1.82) is 0 Å². The van der Waals surface area contributed by atoms with Crippen molar-refractivity contribution >= 4 is 15.8 Å². The van der Waals surface area contributed by atoms with Gasteiger partial charge in [-0.1, -0.05) is 0 Å². The van der Waals surface area contributed by atoms with Crippen molar-refractivity contribution in [3.05, 3.63) is 18.2 Å². The van der Waals surface area contributed by atoms with Crippen molar-refractivity contribution in [2.24, 2.45) is 0 Å². The molecule has 6 nitrogen and oxygen atoms in total. The number of benzene rings is 1. The zero-order chi connectivity index (χ0) is 12.2. The molecule has 0 unspecified atom stereocenters. The normalized spacial score (nSPS) is 10.7. The number of nitrogen functional groups attached to an aromatic ring is 1. The van der Waals surface area contributed by atoms with Gasteiger partial charge in [0.2, 0.25) is 0 Å². The predicted molar refractivity (Wildman–Crippen MR) is 56.2 cm³/mol. The van der Waals surface area contributed by atoms with Crippen LogP contribution in [-0.4, -0.2) is 33.3 Å². The molecular formula is C9H12NNaO5S. The van der Waals surface area contributed by atoms with Gasteiger partial charge in [0.1, 0.15) is 22.5 Å². The van der Waals surface area contributed by atoms with Crippen molar-refractivity contribution in [1.82, 2.24) is 0 Å². The van der Waals surface area contributed by atoms with Crippen LogP contribution in [0.25, 0.3) is 0 Å². The van der Waals surface area contributed by atoms with Crippen LogP contribution in [0.2, 0.25) is 0 Å². The summed E-state index contributed by atoms with van der Waals surface area (Å²) in [6.07, 6.45) is 0. The Kier molecular flexibility index (Phi) is 7.07. The zero-order valence-electron chi connectivity index (χ0n) is 9.67. The van der Waals surface area contributed by atoms with Gasteiger partial charge in [0.05, 0.1) is 11.5 Å². The number of nitrogens with two attached hydrogens (primary N) is 1. The Morgan fingerprint density at radius 3 is 2.53 bits per heavy atom. The van der Waals surface area contributed by atoms with Crippen LogP contribution in [0.5, 0.6) is 5.75 Å². The van der Waals surface area contributed by atoms with Crippen molar-refractivity contribution in [3.63, 3.8) is 0 Å². The van der Waals surface area contributed by atoms with E-state index in [-0.39, 0.29) is 47.6 Å². The van der Waals surface area contributed by atoms with Crippen LogP contribution in [0.4, 0.5) is 5.69 Å². The molecule has 0 heterocycles. The van der Waals surface area contributed by atoms with Gasteiger partial charge in [-0.3, -0.25) is 0 Å². The van der Waals surface area contributed by atoms with Crippen molar-refractivity contribution in [2.75, 3.05) is 26.1 Å². The van der Waals surface area contributed by atoms with E-state index in [0.29, 0.717) is 6.61 Å². The van der Waals surface area contributed by atoms with Gasteiger partial charge in [0.15, 0.2) is 0 Å². The minimum Gasteiger partial charge on any atom is -0.744 e. The van der Waals surface area contributed by atoms with Crippen LogP contribution in [0.15, 0.2) is 23.1 Å². The molecule has 0 saturated heterocycles. The third-order valence-electron chi connectivity index (χ3n) is 1.78. The maximum Gasteiger partial charge on any atom is 1.00 e. The molecule has 1 aromatic rings. The summed E-state index contributed by atoms with van der Waals surface area (Å²) in [5.41, 5.74) is 5.58. The van der Waals surface area contributed by atoms with Gasteiger partial charge in [-0.15, -0.1) is 0 Å². The molecule has 0 bridgehead atoms. The number of methoxy groups -OCH3 is 1. The number of hydrogen-bond acceptors (Lipinski definition) is 6. The van der Waals surface area contributed by atoms with E-state index in [4.69, 9.17) is 15.2 Å². The van der Waals surface area contributed by atoms with Crippen LogP contribution in [-0.2, 0) is 14.9 Å². The molecule has 0 aliphatic carbocycles. The minimum absolute atomic E-state index is 0. The Balaban J connectivity index is 0.00000256. The second-order valence-electron chi connectivity index (χ2n) is 3.00. The summed E-state index contributed by atoms with van der Waals surface area (Å²) in [4.78, 5) is -0.455. The fourth-order valence-electron chi connectivity index (χ4n) is 1.07. The fraction of sp³-hybridized carbons (Fsp3) is 0.333. The number of rotatable bonds is 5. The molecule has 0 spiro atoms. The van der Waals surface area contributed by atoms with Gasteiger partial charge in [-0.05, 0) is 18.2 Å². The Hall–Kier alpha value is -0.310. The SMILES string of the molecule is COCCOc1ccc(N)cc1S(=O)(=O)[O-].[Na+]. The van der Waals surface area contributed by atoms with Crippen LogP contribution in [0.3, 0.4) is 0 Å². The first kappa shape index (κ1) is 16.7. The van der Waals surface area contributed by atoms with Gasteiger partial charge in [0.25, 0.3) is 0 Å². The maximum absolute atomic E-state index is 10.9. The van der Waals surface area contributed by atoms with E-state index in [1.54, 1.807) is 0 Å². The van der Waals surface area contributed by atoms with Crippen LogP contribution in [0, 0.1) is 0 Å². The molecule has 0 fully saturated rings. The van der Waals surface area contributed by atoms with Crippen molar-refractivity contribution < 1.29 is 52.0 Å². The van der Waals surface area contributed by atoms with Gasteiger partial charge < -0.3 is 19.8 Å². The summed E-state index contributed by atoms with van der Waals surface area (Å²) in [6, 6.07) is 3.87. The van der Waals surface area contributed by atoms with Crippen LogP contribution in [0.1, 0.15) is 0 Å². The molecule has 90 valence electrons. The molecular weight excluding hydrogens is 257 g/mol. The standard InChI is InChI=1S/C9H13NO5S.Na/c1-14-4-5-15-8-3-2-7(10)6-9(8)16(11,12)13;/h2-3,6H,4-5,10H2,1H3,(H,11,12,13);/q;+1/p-1. The summed E-state index contributed by atoms with van der Waals surface area (Å²) in [6.45, 7) is 0.450. The predicted octanol–water partition coefficient (Wildman–Crippen LogP) is -2.80. The molecule has 0 aliphatic heterocycles. The van der Waals surface area contributed by atoms with E-state index in [1.807, 2.05) is 0 Å². The van der Waals surface area contributed by atoms with E-state index < -0.39 is 15.0 Å². The summed E-state index contributed by atoms with van der Waals surface area (Å²) >= 11 is 0. The topological polar surface area (TPSA) is 102 Å². The Morgan fingerprint density at radius 2 is 2.00 bits per heavy atom. The molecule has 8 heteroatoms. The first-order valence-electron chi connectivity index (χ1n) is 4.42. The first-order valence-corrected chi connectivity index (χ1v) is 5.83. The molecule has 2 N–H and O–H groups in total. The van der Waals surface area contributed by atoms with Crippen molar-refractivity contribution in [3.8, 4) is 5.75 Å². The zero-order valence-corrected chi connectivity index (χ0v) is 12.5. The molecule has 0 aliphatic rings. The van der Waals surface area contributed by atoms with E-state index in [2.05, 4.69) is 0 Å². The van der Waals surface area contributed by atoms with E-state index in [0.717, 1.165) is 6.07 Å². The number of hydrogen-bond donors (Lipinski definition) is 1. The molecule has 0 amide bonds. The average Bonchev–Trinajstić information content (AvgIpc) is 2.19. The van der Waals surface area contributed by atoms with Crippen molar-refractivity contribution in [2.45, 2.75) is 4.90 Å². The number of ether oxygens (including phenoxy) is 2. The third-order valence-corrected chi connectivity index (χ3v) is 2.64. The molecule has 0 atom stereocenters. The van der Waals surface area contributed by atoms with Gasteiger partial charge in [-0.25, -0.2) is 8.42 Å². The Morgan fingerprint density at radius 1 is 1.35 bits per heavy atom. The summed E-state index contributed by atoms with van der Waals surface area (Å²) < 4.78 is 42.6. The van der Waals surface area contributed by atoms with Crippen LogP contribution >= 0.6 is 0 Å². The third kappa shape index (κ3) is 5.24. The quantitative estimate of drug-likeness (QED) is 0.268. The smallest absolute Gasteiger partial charge is 0.744 e. The summed E-state index contributed by atoms with van der Waals surface area (Å²) in [7, 11) is -3.11. The van der Waals surface area contributed by atoms with Crippen LogP contribution < -0.4 is 40.0 Å². The monoisotopic (exact) mass is 269 g/mol. The van der Waals surface area contributed by atoms with Gasteiger partial charge in [-0.2, -0.15) is 0 Å². The van der Waals surface area contributed by atoms with Gasteiger partial charge >= 0.3 is 29.6 Å². The molecule has 1 aromatic carbocycles. The summed E-state index contributed by atoms with van der Waals surface area (Å²) in [5, 5.41) is 0. The van der Waals surface area contributed by atoms with E-state index in [9.17, 15) is 13.0 Å². The first-order chi connectivity index (χ1) is 7.45. The van der Waals surface area contributed by atoms with E-state index in [1.165, 1.54) is 19.2 Å².